The fourth-order valence-corrected chi connectivity index (χ4v) is 4.44. The van der Waals surface area contributed by atoms with Gasteiger partial charge in [0.1, 0.15) is 47.6 Å². The lowest BCUT2D eigenvalue weighted by Crippen LogP contribution is -2.65. The van der Waals surface area contributed by atoms with Gasteiger partial charge in [-0.05, 0) is 23.8 Å². The van der Waals surface area contributed by atoms with Gasteiger partial charge in [-0.25, -0.2) is 0 Å². The number of phenols is 2. The average Bonchev–Trinajstić information content (AvgIpc) is 2.75. The molecule has 6 atom stereocenters. The van der Waals surface area contributed by atoms with Gasteiger partial charge < -0.3 is 45.6 Å². The first-order chi connectivity index (χ1) is 14.7. The maximum atomic E-state index is 13.1. The normalized spacial score (nSPS) is 32.5. The van der Waals surface area contributed by atoms with Gasteiger partial charge in [0.05, 0.1) is 24.3 Å². The average molecular weight is 434 g/mol. The van der Waals surface area contributed by atoms with Crippen molar-refractivity contribution < 1.29 is 50.4 Å². The summed E-state index contributed by atoms with van der Waals surface area (Å²) in [6.07, 6.45) is -8.49. The molecule has 1 aliphatic heterocycles. The number of rotatable bonds is 3. The van der Waals surface area contributed by atoms with Crippen LogP contribution in [0.4, 0.5) is 0 Å². The van der Waals surface area contributed by atoms with Gasteiger partial charge in [-0.2, -0.15) is 0 Å². The predicted octanol–water partition coefficient (Wildman–Crippen LogP) is -1.79. The molecule has 0 amide bonds. The molecule has 4 rings (SSSR count). The van der Waals surface area contributed by atoms with Crippen molar-refractivity contribution in [3.63, 3.8) is 0 Å². The summed E-state index contributed by atoms with van der Waals surface area (Å²) in [5.41, 5.74) is -3.43. The van der Waals surface area contributed by atoms with Crippen molar-refractivity contribution in [1.82, 2.24) is 0 Å². The number of carbonyl (C=O) groups excluding carboxylic acids is 1. The maximum Gasteiger partial charge on any atom is 0.201 e. The molecule has 0 unspecified atom stereocenters. The van der Waals surface area contributed by atoms with Gasteiger partial charge in [0.15, 0.2) is 0 Å². The van der Waals surface area contributed by atoms with E-state index in [0.29, 0.717) is 0 Å². The standard InChI is InChI=1S/C21H22O10/c22-6-8-4-10-15(12(25)5-8)17(27)14-9(2-1-3-11(14)24)21(10,30)20-19(29)18(28)16(26)13(7-23)31-20/h1-5,13,16,18-20,22-26,28-30H,6-7H2/t13-,16+,18-,19-,20-,21-/m1/s1. The van der Waals surface area contributed by atoms with E-state index in [2.05, 4.69) is 0 Å². The minimum Gasteiger partial charge on any atom is -0.507 e. The highest BCUT2D eigenvalue weighted by Crippen LogP contribution is 2.50. The molecule has 2 aromatic rings. The number of ether oxygens (including phenoxy) is 1. The molecule has 1 aliphatic carbocycles. The fourth-order valence-electron chi connectivity index (χ4n) is 4.44. The van der Waals surface area contributed by atoms with Crippen molar-refractivity contribution in [2.24, 2.45) is 0 Å². The Morgan fingerprint density at radius 2 is 1.58 bits per heavy atom. The third kappa shape index (κ3) is 2.96. The van der Waals surface area contributed by atoms with Gasteiger partial charge in [0.2, 0.25) is 5.78 Å². The first-order valence-corrected chi connectivity index (χ1v) is 9.54. The van der Waals surface area contributed by atoms with Crippen LogP contribution in [0.15, 0.2) is 30.3 Å². The Bertz CT molecular complexity index is 1040. The van der Waals surface area contributed by atoms with E-state index >= 15 is 0 Å². The molecule has 8 N–H and O–H groups in total. The van der Waals surface area contributed by atoms with Crippen LogP contribution in [-0.4, -0.2) is 83.8 Å². The van der Waals surface area contributed by atoms with E-state index in [1.165, 1.54) is 24.3 Å². The Morgan fingerprint density at radius 3 is 2.23 bits per heavy atom. The van der Waals surface area contributed by atoms with E-state index in [9.17, 15) is 45.6 Å². The maximum absolute atomic E-state index is 13.1. The Hall–Kier alpha value is -2.57. The Balaban J connectivity index is 2.04. The van der Waals surface area contributed by atoms with Crippen LogP contribution in [-0.2, 0) is 16.9 Å². The number of benzene rings is 2. The van der Waals surface area contributed by atoms with Crippen LogP contribution in [0.5, 0.6) is 11.5 Å². The summed E-state index contributed by atoms with van der Waals surface area (Å²) in [5.74, 6) is -1.88. The van der Waals surface area contributed by atoms with Crippen molar-refractivity contribution in [2.75, 3.05) is 6.61 Å². The van der Waals surface area contributed by atoms with E-state index < -0.39 is 66.6 Å². The van der Waals surface area contributed by atoms with Crippen LogP contribution >= 0.6 is 0 Å². The number of phenolic OH excluding ortho intramolecular Hbond substituents is 2. The molecular formula is C21H22O10. The lowest BCUT2D eigenvalue weighted by Gasteiger charge is -2.49. The molecule has 2 aliphatic rings. The second kappa shape index (κ2) is 7.53. The topological polar surface area (TPSA) is 188 Å². The Morgan fingerprint density at radius 1 is 0.903 bits per heavy atom. The lowest BCUT2D eigenvalue weighted by atomic mass is 9.68. The van der Waals surface area contributed by atoms with Gasteiger partial charge in [-0.15, -0.1) is 0 Å². The molecule has 1 saturated heterocycles. The van der Waals surface area contributed by atoms with Crippen LogP contribution in [0.3, 0.4) is 0 Å². The van der Waals surface area contributed by atoms with Gasteiger partial charge in [-0.3, -0.25) is 4.79 Å². The molecule has 0 aromatic heterocycles. The summed E-state index contributed by atoms with van der Waals surface area (Å²) < 4.78 is 5.58. The summed E-state index contributed by atoms with van der Waals surface area (Å²) in [5, 5.41) is 83.0. The fraction of sp³-hybridized carbons (Fsp3) is 0.381. The van der Waals surface area contributed by atoms with Crippen LogP contribution in [0, 0.1) is 0 Å². The largest absolute Gasteiger partial charge is 0.507 e. The zero-order valence-corrected chi connectivity index (χ0v) is 16.1. The van der Waals surface area contributed by atoms with Crippen molar-refractivity contribution in [3.8, 4) is 11.5 Å². The van der Waals surface area contributed by atoms with Gasteiger partial charge in [0.25, 0.3) is 0 Å². The molecule has 1 fully saturated rings. The summed E-state index contributed by atoms with van der Waals surface area (Å²) in [6, 6.07) is 6.21. The molecule has 0 spiro atoms. The lowest BCUT2D eigenvalue weighted by molar-refractivity contribution is -0.265. The molecule has 2 aromatic carbocycles. The quantitative estimate of drug-likeness (QED) is 0.274. The molecule has 166 valence electrons. The number of carbonyl (C=O) groups is 1. The summed E-state index contributed by atoms with van der Waals surface area (Å²) in [6.45, 7) is -1.30. The minimum atomic E-state index is -2.42. The molecular weight excluding hydrogens is 412 g/mol. The molecule has 10 heteroatoms. The third-order valence-electron chi connectivity index (χ3n) is 5.98. The Kier molecular flexibility index (Phi) is 5.26. The number of hydrogen-bond acceptors (Lipinski definition) is 10. The van der Waals surface area contributed by atoms with Gasteiger partial charge in [-0.1, -0.05) is 12.1 Å². The van der Waals surface area contributed by atoms with Crippen molar-refractivity contribution in [2.45, 2.75) is 42.7 Å². The Labute approximate surface area is 175 Å². The molecule has 0 bridgehead atoms. The van der Waals surface area contributed by atoms with Crippen LogP contribution in [0.25, 0.3) is 0 Å². The van der Waals surface area contributed by atoms with Crippen molar-refractivity contribution >= 4 is 5.78 Å². The smallest absolute Gasteiger partial charge is 0.201 e. The van der Waals surface area contributed by atoms with Crippen molar-refractivity contribution in [1.29, 1.82) is 0 Å². The highest BCUT2D eigenvalue weighted by molar-refractivity contribution is 6.16. The predicted molar refractivity (Wildman–Crippen MR) is 102 cm³/mol. The van der Waals surface area contributed by atoms with Crippen LogP contribution < -0.4 is 0 Å². The molecule has 1 heterocycles. The minimum absolute atomic E-state index is 0.135. The highest BCUT2D eigenvalue weighted by atomic mass is 16.6. The van der Waals surface area contributed by atoms with E-state index in [0.717, 1.165) is 6.07 Å². The van der Waals surface area contributed by atoms with E-state index in [1.807, 2.05) is 0 Å². The third-order valence-corrected chi connectivity index (χ3v) is 5.98. The highest BCUT2D eigenvalue weighted by Gasteiger charge is 2.57. The SMILES string of the molecule is O=C1c2c(O)cccc2[C@](O)([C@@H]2O[C@H](CO)[C@H](O)[C@@H](O)[C@H]2O)c2cc(CO)cc(O)c21. The number of ketones is 1. The first-order valence-electron chi connectivity index (χ1n) is 9.54. The first kappa shape index (κ1) is 21.7. The molecule has 0 saturated carbocycles. The number of hydrogen-bond donors (Lipinski definition) is 8. The van der Waals surface area contributed by atoms with E-state index in [1.54, 1.807) is 0 Å². The van der Waals surface area contributed by atoms with E-state index in [4.69, 9.17) is 4.74 Å². The molecule has 31 heavy (non-hydrogen) atoms. The van der Waals surface area contributed by atoms with Crippen LogP contribution in [0.2, 0.25) is 0 Å². The zero-order valence-electron chi connectivity index (χ0n) is 16.1. The van der Waals surface area contributed by atoms with E-state index in [-0.39, 0.29) is 27.8 Å². The van der Waals surface area contributed by atoms with Gasteiger partial charge >= 0.3 is 0 Å². The monoisotopic (exact) mass is 434 g/mol. The molecule has 0 radical (unpaired) electrons. The number of aliphatic hydroxyl groups is 6. The zero-order chi connectivity index (χ0) is 22.7. The summed E-state index contributed by atoms with van der Waals surface area (Å²) in [4.78, 5) is 13.1. The number of aliphatic hydroxyl groups excluding tert-OH is 5. The second-order valence-electron chi connectivity index (χ2n) is 7.74. The van der Waals surface area contributed by atoms with Gasteiger partial charge in [0, 0.05) is 11.1 Å². The number of aromatic hydroxyl groups is 2. The second-order valence-corrected chi connectivity index (χ2v) is 7.74. The van der Waals surface area contributed by atoms with Crippen molar-refractivity contribution in [3.05, 3.63) is 58.1 Å². The number of fused-ring (bicyclic) bond motifs is 2. The van der Waals surface area contributed by atoms with Crippen LogP contribution in [0.1, 0.15) is 32.6 Å². The molecule has 10 nitrogen and oxygen atoms in total. The summed E-state index contributed by atoms with van der Waals surface area (Å²) >= 11 is 0. The summed E-state index contributed by atoms with van der Waals surface area (Å²) in [7, 11) is 0.